The van der Waals surface area contributed by atoms with Gasteiger partial charge in [-0.25, -0.2) is 0 Å². The Morgan fingerprint density at radius 1 is 1.30 bits per heavy atom. The highest BCUT2D eigenvalue weighted by molar-refractivity contribution is 9.10. The summed E-state index contributed by atoms with van der Waals surface area (Å²) in [5.74, 6) is 0.525. The van der Waals surface area contributed by atoms with E-state index in [2.05, 4.69) is 15.9 Å². The van der Waals surface area contributed by atoms with E-state index < -0.39 is 4.92 Å². The summed E-state index contributed by atoms with van der Waals surface area (Å²) >= 11 is 3.19. The van der Waals surface area contributed by atoms with Crippen molar-refractivity contribution in [1.29, 1.82) is 5.41 Å². The van der Waals surface area contributed by atoms with Gasteiger partial charge in [-0.1, -0.05) is 28.1 Å². The lowest BCUT2D eigenvalue weighted by atomic mass is 10.2. The third-order valence-corrected chi connectivity index (χ3v) is 2.93. The molecule has 0 aromatic heterocycles. The Labute approximate surface area is 123 Å². The van der Waals surface area contributed by atoms with Gasteiger partial charge in [0.15, 0.2) is 0 Å². The number of nitrogens with two attached hydrogens (primary N) is 1. The van der Waals surface area contributed by atoms with Gasteiger partial charge in [-0.2, -0.15) is 0 Å². The second kappa shape index (κ2) is 5.70. The topological polar surface area (TPSA) is 102 Å². The first-order valence-electron chi connectivity index (χ1n) is 5.53. The quantitative estimate of drug-likeness (QED) is 0.386. The van der Waals surface area contributed by atoms with Gasteiger partial charge in [0.05, 0.1) is 16.6 Å². The number of nitrogens with one attached hydrogen (secondary N) is 1. The van der Waals surface area contributed by atoms with Crippen molar-refractivity contribution in [1.82, 2.24) is 0 Å². The van der Waals surface area contributed by atoms with Crippen LogP contribution in [-0.4, -0.2) is 10.8 Å². The van der Waals surface area contributed by atoms with Crippen LogP contribution < -0.4 is 10.5 Å². The van der Waals surface area contributed by atoms with Gasteiger partial charge in [0.1, 0.15) is 17.3 Å². The first kappa shape index (κ1) is 14.0. The predicted octanol–water partition coefficient (Wildman–Crippen LogP) is 3.43. The maximum Gasteiger partial charge on any atom is 0.274 e. The summed E-state index contributed by atoms with van der Waals surface area (Å²) < 4.78 is 6.12. The molecule has 0 unspecified atom stereocenters. The molecular formula is C13H10BrN3O3. The van der Waals surface area contributed by atoms with Crippen LogP contribution in [0, 0.1) is 15.5 Å². The monoisotopic (exact) mass is 335 g/mol. The number of nitrogens with zero attached hydrogens (tertiary/aromatic N) is 1. The van der Waals surface area contributed by atoms with Crippen LogP contribution in [0.2, 0.25) is 0 Å². The van der Waals surface area contributed by atoms with Crippen molar-refractivity contribution in [3.05, 3.63) is 62.6 Å². The summed E-state index contributed by atoms with van der Waals surface area (Å²) in [6.07, 6.45) is 0. The average molecular weight is 336 g/mol. The molecule has 0 saturated heterocycles. The molecule has 0 bridgehead atoms. The van der Waals surface area contributed by atoms with E-state index >= 15 is 0 Å². The lowest BCUT2D eigenvalue weighted by Gasteiger charge is -2.10. The highest BCUT2D eigenvalue weighted by Crippen LogP contribution is 2.31. The van der Waals surface area contributed by atoms with Gasteiger partial charge in [-0.3, -0.25) is 15.5 Å². The lowest BCUT2D eigenvalue weighted by molar-refractivity contribution is -0.385. The Bertz CT molecular complexity index is 688. The number of hydrogen-bond donors (Lipinski definition) is 2. The van der Waals surface area contributed by atoms with Crippen LogP contribution in [0.15, 0.2) is 46.9 Å². The van der Waals surface area contributed by atoms with E-state index in [-0.39, 0.29) is 11.5 Å². The smallest absolute Gasteiger partial charge is 0.274 e. The maximum atomic E-state index is 10.8. The zero-order valence-electron chi connectivity index (χ0n) is 10.2. The molecule has 6 nitrogen and oxygen atoms in total. The minimum Gasteiger partial charge on any atom is -0.456 e. The number of amidine groups is 1. The Balaban J connectivity index is 2.40. The Morgan fingerprint density at radius 3 is 2.65 bits per heavy atom. The van der Waals surface area contributed by atoms with Crippen LogP contribution >= 0.6 is 15.9 Å². The van der Waals surface area contributed by atoms with E-state index in [0.29, 0.717) is 21.5 Å². The molecule has 2 aromatic rings. The molecule has 2 aromatic carbocycles. The summed E-state index contributed by atoms with van der Waals surface area (Å²) in [6.45, 7) is 0. The number of nitrogen functional groups attached to an aromatic ring is 1. The normalized spacial score (nSPS) is 10.1. The van der Waals surface area contributed by atoms with Crippen molar-refractivity contribution in [2.75, 3.05) is 0 Å². The van der Waals surface area contributed by atoms with Gasteiger partial charge in [-0.15, -0.1) is 0 Å². The standard InChI is InChI=1S/C13H10BrN3O3/c14-8-5-9(17(18)19)7-10(6-8)20-12-4-2-1-3-11(12)13(15)16/h1-7H,(H3,15,16). The molecule has 3 N–H and O–H groups in total. The number of benzene rings is 2. The molecule has 0 aliphatic carbocycles. The molecule has 0 heterocycles. The molecule has 0 saturated carbocycles. The molecule has 0 amide bonds. The number of rotatable bonds is 4. The number of para-hydroxylation sites is 1. The van der Waals surface area contributed by atoms with Crippen molar-refractivity contribution in [3.63, 3.8) is 0 Å². The molecule has 0 aliphatic heterocycles. The molecule has 0 spiro atoms. The van der Waals surface area contributed by atoms with Gasteiger partial charge in [0, 0.05) is 10.5 Å². The Morgan fingerprint density at radius 2 is 2.00 bits per heavy atom. The predicted molar refractivity (Wildman–Crippen MR) is 78.3 cm³/mol. The van der Waals surface area contributed by atoms with Crippen LogP contribution in [0.3, 0.4) is 0 Å². The first-order valence-corrected chi connectivity index (χ1v) is 6.33. The zero-order chi connectivity index (χ0) is 14.7. The van der Waals surface area contributed by atoms with Crippen molar-refractivity contribution in [2.45, 2.75) is 0 Å². The van der Waals surface area contributed by atoms with Crippen LogP contribution in [0.5, 0.6) is 11.5 Å². The fourth-order valence-electron chi connectivity index (χ4n) is 1.62. The van der Waals surface area contributed by atoms with E-state index in [1.54, 1.807) is 30.3 Å². The number of nitro groups is 1. The molecule has 0 fully saturated rings. The minimum absolute atomic E-state index is 0.0883. The number of nitro benzene ring substituents is 1. The minimum atomic E-state index is -0.505. The number of hydrogen-bond acceptors (Lipinski definition) is 4. The van der Waals surface area contributed by atoms with Gasteiger partial charge in [0.25, 0.3) is 5.69 Å². The first-order chi connectivity index (χ1) is 9.47. The molecule has 7 heteroatoms. The van der Waals surface area contributed by atoms with Gasteiger partial charge in [-0.05, 0) is 18.2 Å². The van der Waals surface area contributed by atoms with E-state index in [9.17, 15) is 10.1 Å². The molecule has 0 aliphatic rings. The molecule has 20 heavy (non-hydrogen) atoms. The van der Waals surface area contributed by atoms with Gasteiger partial charge >= 0.3 is 0 Å². The van der Waals surface area contributed by atoms with Crippen molar-refractivity contribution in [3.8, 4) is 11.5 Å². The zero-order valence-corrected chi connectivity index (χ0v) is 11.8. The summed E-state index contributed by atoms with van der Waals surface area (Å²) in [7, 11) is 0. The lowest BCUT2D eigenvalue weighted by Crippen LogP contribution is -2.12. The third-order valence-electron chi connectivity index (χ3n) is 2.47. The molecule has 0 atom stereocenters. The molecule has 2 rings (SSSR count). The maximum absolute atomic E-state index is 10.8. The Hall–Kier alpha value is -2.41. The molecular weight excluding hydrogens is 326 g/mol. The average Bonchev–Trinajstić information content (AvgIpc) is 2.38. The molecule has 0 radical (unpaired) electrons. The van der Waals surface area contributed by atoms with Crippen molar-refractivity contribution >= 4 is 27.5 Å². The van der Waals surface area contributed by atoms with Crippen LogP contribution in [0.25, 0.3) is 0 Å². The SMILES string of the molecule is N=C(N)c1ccccc1Oc1cc(Br)cc([N+](=O)[O-])c1. The summed E-state index contributed by atoms with van der Waals surface area (Å²) in [5, 5.41) is 18.3. The third kappa shape index (κ3) is 3.12. The summed E-state index contributed by atoms with van der Waals surface area (Å²) in [4.78, 5) is 10.3. The summed E-state index contributed by atoms with van der Waals surface area (Å²) in [6, 6.07) is 11.0. The fraction of sp³-hybridized carbons (Fsp3) is 0. The van der Waals surface area contributed by atoms with Gasteiger partial charge < -0.3 is 10.5 Å². The van der Waals surface area contributed by atoms with E-state index in [1.165, 1.54) is 12.1 Å². The van der Waals surface area contributed by atoms with E-state index in [1.807, 2.05) is 0 Å². The second-order valence-corrected chi connectivity index (χ2v) is 4.83. The van der Waals surface area contributed by atoms with Crippen molar-refractivity contribution in [2.24, 2.45) is 5.73 Å². The van der Waals surface area contributed by atoms with Gasteiger partial charge in [0.2, 0.25) is 0 Å². The molecule has 102 valence electrons. The van der Waals surface area contributed by atoms with E-state index in [4.69, 9.17) is 15.9 Å². The van der Waals surface area contributed by atoms with Crippen LogP contribution in [-0.2, 0) is 0 Å². The highest BCUT2D eigenvalue weighted by Gasteiger charge is 2.12. The number of ether oxygens (including phenoxy) is 1. The van der Waals surface area contributed by atoms with Crippen molar-refractivity contribution < 1.29 is 9.66 Å². The summed E-state index contributed by atoms with van der Waals surface area (Å²) in [5.41, 5.74) is 5.80. The second-order valence-electron chi connectivity index (χ2n) is 3.91. The van der Waals surface area contributed by atoms with Crippen LogP contribution in [0.4, 0.5) is 5.69 Å². The van der Waals surface area contributed by atoms with E-state index in [0.717, 1.165) is 0 Å². The number of halogens is 1. The Kier molecular flexibility index (Phi) is 3.99. The number of non-ortho nitro benzene ring substituents is 1. The highest BCUT2D eigenvalue weighted by atomic mass is 79.9. The largest absolute Gasteiger partial charge is 0.456 e. The fourth-order valence-corrected chi connectivity index (χ4v) is 2.08. The van der Waals surface area contributed by atoms with Crippen LogP contribution in [0.1, 0.15) is 5.56 Å².